The predicted molar refractivity (Wildman–Crippen MR) is 89.8 cm³/mol. The molecule has 24 heavy (non-hydrogen) atoms. The quantitative estimate of drug-likeness (QED) is 0.476. The zero-order valence-electron chi connectivity index (χ0n) is 12.9. The summed E-state index contributed by atoms with van der Waals surface area (Å²) in [4.78, 5) is 21.8. The number of ketones is 1. The van der Waals surface area contributed by atoms with Gasteiger partial charge in [-0.1, -0.05) is 48.0 Å². The minimum absolute atomic E-state index is 0.0120. The largest absolute Gasteiger partial charge is 0.288 e. The van der Waals surface area contributed by atoms with Crippen molar-refractivity contribution in [3.8, 4) is 22.5 Å². The summed E-state index contributed by atoms with van der Waals surface area (Å²) in [6.45, 7) is 2.03. The molecule has 0 spiro atoms. The standard InChI is InChI=1S/C19H12N4O/c1-11-5-4-6-12(9-11)17-15-16(22-19-20-10-21-23(17)19)13-7-2-3-8-14(13)18(15)24/h2-10H,1H3. The summed E-state index contributed by atoms with van der Waals surface area (Å²) in [7, 11) is 0. The fourth-order valence-corrected chi connectivity index (χ4v) is 3.33. The van der Waals surface area contributed by atoms with Gasteiger partial charge in [0.05, 0.1) is 17.0 Å². The van der Waals surface area contributed by atoms with Crippen LogP contribution in [-0.4, -0.2) is 25.4 Å². The van der Waals surface area contributed by atoms with Gasteiger partial charge < -0.3 is 0 Å². The van der Waals surface area contributed by atoms with Gasteiger partial charge in [-0.05, 0) is 13.0 Å². The molecule has 4 aromatic rings. The molecule has 0 aliphatic heterocycles. The molecule has 0 atom stereocenters. The Kier molecular flexibility index (Phi) is 2.51. The smallest absolute Gasteiger partial charge is 0.253 e. The van der Waals surface area contributed by atoms with Crippen LogP contribution in [0.15, 0.2) is 54.9 Å². The minimum Gasteiger partial charge on any atom is -0.288 e. The summed E-state index contributed by atoms with van der Waals surface area (Å²) in [6.07, 6.45) is 1.47. The zero-order chi connectivity index (χ0) is 16.3. The number of aromatic nitrogens is 4. The number of carbonyl (C=O) groups is 1. The number of nitrogens with zero attached hydrogens (tertiary/aromatic N) is 4. The van der Waals surface area contributed by atoms with Gasteiger partial charge in [-0.2, -0.15) is 14.6 Å². The molecular formula is C19H12N4O. The maximum absolute atomic E-state index is 13.0. The van der Waals surface area contributed by atoms with Crippen molar-refractivity contribution in [2.45, 2.75) is 6.92 Å². The predicted octanol–water partition coefficient (Wildman–Crippen LogP) is 3.31. The van der Waals surface area contributed by atoms with E-state index in [9.17, 15) is 4.79 Å². The summed E-state index contributed by atoms with van der Waals surface area (Å²) in [5, 5.41) is 4.29. The van der Waals surface area contributed by atoms with Crippen LogP contribution in [0.2, 0.25) is 0 Å². The number of hydrogen-bond acceptors (Lipinski definition) is 4. The SMILES string of the molecule is Cc1cccc(-c2c3c(nc4ncnn24)-c2ccccc2C3=O)c1. The van der Waals surface area contributed by atoms with Gasteiger partial charge in [-0.25, -0.2) is 4.98 Å². The second kappa shape index (κ2) is 4.58. The molecule has 0 saturated carbocycles. The molecule has 2 aromatic heterocycles. The highest BCUT2D eigenvalue weighted by atomic mass is 16.1. The van der Waals surface area contributed by atoms with E-state index >= 15 is 0 Å². The van der Waals surface area contributed by atoms with Crippen molar-refractivity contribution in [3.05, 3.63) is 71.5 Å². The lowest BCUT2D eigenvalue weighted by Crippen LogP contribution is -2.06. The molecule has 2 heterocycles. The number of benzene rings is 2. The molecule has 0 saturated heterocycles. The van der Waals surface area contributed by atoms with Crippen molar-refractivity contribution in [1.29, 1.82) is 0 Å². The molecule has 0 N–H and O–H groups in total. The highest BCUT2D eigenvalue weighted by Crippen LogP contribution is 2.40. The Labute approximate surface area is 137 Å². The Hall–Kier alpha value is -3.34. The number of carbonyl (C=O) groups excluding carboxylic acids is 1. The molecular weight excluding hydrogens is 300 g/mol. The number of fused-ring (bicyclic) bond motifs is 4. The molecule has 2 aromatic carbocycles. The third kappa shape index (κ3) is 1.64. The number of hydrogen-bond donors (Lipinski definition) is 0. The molecule has 0 radical (unpaired) electrons. The van der Waals surface area contributed by atoms with Gasteiger partial charge in [-0.15, -0.1) is 0 Å². The summed E-state index contributed by atoms with van der Waals surface area (Å²) in [5.41, 5.74) is 5.63. The first-order valence-electron chi connectivity index (χ1n) is 7.69. The Bertz CT molecular complexity index is 1140. The van der Waals surface area contributed by atoms with E-state index in [1.165, 1.54) is 6.33 Å². The van der Waals surface area contributed by atoms with Crippen LogP contribution >= 0.6 is 0 Å². The topological polar surface area (TPSA) is 60.1 Å². The summed E-state index contributed by atoms with van der Waals surface area (Å²) in [6, 6.07) is 15.6. The third-order valence-corrected chi connectivity index (χ3v) is 4.37. The second-order valence-electron chi connectivity index (χ2n) is 5.90. The van der Waals surface area contributed by atoms with Crippen LogP contribution in [0, 0.1) is 6.92 Å². The van der Waals surface area contributed by atoms with E-state index < -0.39 is 0 Å². The maximum atomic E-state index is 13.0. The minimum atomic E-state index is -0.0120. The summed E-state index contributed by atoms with van der Waals surface area (Å²) >= 11 is 0. The van der Waals surface area contributed by atoms with Crippen LogP contribution in [0.25, 0.3) is 28.3 Å². The van der Waals surface area contributed by atoms with Crippen LogP contribution in [-0.2, 0) is 0 Å². The van der Waals surface area contributed by atoms with Gasteiger partial charge in [0.1, 0.15) is 6.33 Å². The van der Waals surface area contributed by atoms with Crippen molar-refractivity contribution in [1.82, 2.24) is 19.6 Å². The molecule has 5 nitrogen and oxygen atoms in total. The molecule has 1 aliphatic rings. The van der Waals surface area contributed by atoms with E-state index in [1.54, 1.807) is 4.52 Å². The number of aryl methyl sites for hydroxylation is 1. The molecule has 0 amide bonds. The van der Waals surface area contributed by atoms with Crippen LogP contribution < -0.4 is 0 Å². The molecule has 0 fully saturated rings. The van der Waals surface area contributed by atoms with Gasteiger partial charge >= 0.3 is 0 Å². The van der Waals surface area contributed by atoms with E-state index in [2.05, 4.69) is 15.1 Å². The Morgan fingerprint density at radius 2 is 1.83 bits per heavy atom. The van der Waals surface area contributed by atoms with Crippen molar-refractivity contribution in [3.63, 3.8) is 0 Å². The van der Waals surface area contributed by atoms with Gasteiger partial charge in [0, 0.05) is 16.7 Å². The molecule has 1 aliphatic carbocycles. The Morgan fingerprint density at radius 1 is 1.00 bits per heavy atom. The highest BCUT2D eigenvalue weighted by molar-refractivity contribution is 6.23. The first-order valence-corrected chi connectivity index (χ1v) is 7.69. The first kappa shape index (κ1) is 13.1. The van der Waals surface area contributed by atoms with Crippen molar-refractivity contribution < 1.29 is 4.79 Å². The Balaban J connectivity index is 1.95. The van der Waals surface area contributed by atoms with Crippen LogP contribution in [0.1, 0.15) is 21.5 Å². The van der Waals surface area contributed by atoms with Crippen LogP contribution in [0.4, 0.5) is 0 Å². The monoisotopic (exact) mass is 312 g/mol. The summed E-state index contributed by atoms with van der Waals surface area (Å²) in [5.74, 6) is 0.483. The van der Waals surface area contributed by atoms with E-state index in [0.29, 0.717) is 22.6 Å². The zero-order valence-corrected chi connectivity index (χ0v) is 12.9. The van der Waals surface area contributed by atoms with Gasteiger partial charge in [0.25, 0.3) is 5.78 Å². The molecule has 5 rings (SSSR count). The lowest BCUT2D eigenvalue weighted by atomic mass is 10.0. The van der Waals surface area contributed by atoms with Gasteiger partial charge in [-0.3, -0.25) is 4.79 Å². The maximum Gasteiger partial charge on any atom is 0.253 e. The molecule has 0 bridgehead atoms. The van der Waals surface area contributed by atoms with E-state index in [-0.39, 0.29) is 5.78 Å². The van der Waals surface area contributed by atoms with Crippen LogP contribution in [0.3, 0.4) is 0 Å². The van der Waals surface area contributed by atoms with Crippen molar-refractivity contribution in [2.24, 2.45) is 0 Å². The molecule has 114 valence electrons. The van der Waals surface area contributed by atoms with E-state index in [1.807, 2.05) is 55.5 Å². The first-order chi connectivity index (χ1) is 11.7. The van der Waals surface area contributed by atoms with Gasteiger partial charge in [0.15, 0.2) is 5.78 Å². The lowest BCUT2D eigenvalue weighted by molar-refractivity contribution is 0.104. The second-order valence-corrected chi connectivity index (χ2v) is 5.90. The van der Waals surface area contributed by atoms with E-state index in [4.69, 9.17) is 0 Å². The lowest BCUT2D eigenvalue weighted by Gasteiger charge is -2.10. The van der Waals surface area contributed by atoms with Crippen LogP contribution in [0.5, 0.6) is 0 Å². The average molecular weight is 312 g/mol. The third-order valence-electron chi connectivity index (χ3n) is 4.37. The number of rotatable bonds is 1. The Morgan fingerprint density at radius 3 is 2.67 bits per heavy atom. The normalized spacial score (nSPS) is 12.5. The van der Waals surface area contributed by atoms with Crippen molar-refractivity contribution in [2.75, 3.05) is 0 Å². The fourth-order valence-electron chi connectivity index (χ4n) is 3.33. The highest BCUT2D eigenvalue weighted by Gasteiger charge is 2.33. The van der Waals surface area contributed by atoms with E-state index in [0.717, 1.165) is 22.4 Å². The molecule has 0 unspecified atom stereocenters. The van der Waals surface area contributed by atoms with Gasteiger partial charge in [0.2, 0.25) is 0 Å². The summed E-state index contributed by atoms with van der Waals surface area (Å²) < 4.78 is 1.65. The van der Waals surface area contributed by atoms with Crippen molar-refractivity contribution >= 4 is 11.6 Å². The fraction of sp³-hybridized carbons (Fsp3) is 0.0526. The average Bonchev–Trinajstić information content (AvgIpc) is 3.17. The molecule has 5 heteroatoms.